The molecule has 1 aliphatic rings. The van der Waals surface area contributed by atoms with Gasteiger partial charge in [-0.3, -0.25) is 14.5 Å². The molecule has 1 saturated carbocycles. The number of carbonyl (C=O) groups is 1. The fourth-order valence-electron chi connectivity index (χ4n) is 3.82. The third kappa shape index (κ3) is 3.45. The van der Waals surface area contributed by atoms with Crippen molar-refractivity contribution in [3.8, 4) is 0 Å². The first-order chi connectivity index (χ1) is 13.0. The summed E-state index contributed by atoms with van der Waals surface area (Å²) >= 11 is 0. The molecule has 0 radical (unpaired) electrons. The van der Waals surface area contributed by atoms with Crippen molar-refractivity contribution in [3.05, 3.63) is 59.5 Å². The van der Waals surface area contributed by atoms with Crippen LogP contribution in [0.25, 0.3) is 10.9 Å². The maximum absolute atomic E-state index is 13.0. The Hall–Kier alpha value is -2.73. The molecule has 3 aromatic rings. The van der Waals surface area contributed by atoms with Gasteiger partial charge >= 0.3 is 0 Å². The SMILES string of the molecule is CCn1nc(C)cc1C(=O)N[C@H](c1cnc2ccccc2c1)C1CC(O)C1. The number of pyridine rings is 1. The van der Waals surface area contributed by atoms with E-state index in [4.69, 9.17) is 0 Å². The van der Waals surface area contributed by atoms with Crippen molar-refractivity contribution in [1.82, 2.24) is 20.1 Å². The number of amides is 1. The Labute approximate surface area is 158 Å². The highest BCUT2D eigenvalue weighted by Gasteiger charge is 2.36. The second-order valence-electron chi connectivity index (χ2n) is 7.28. The zero-order valence-electron chi connectivity index (χ0n) is 15.6. The standard InChI is InChI=1S/C21H24N4O2/c1-3-25-19(8-13(2)24-25)21(27)23-20(15-10-17(26)11-15)16-9-14-6-4-5-7-18(14)22-12-16/h4-9,12,15,17,20,26H,3,10-11H2,1-2H3,(H,23,27)/t15?,17?,20-/m0/s1. The zero-order valence-corrected chi connectivity index (χ0v) is 15.6. The summed E-state index contributed by atoms with van der Waals surface area (Å²) in [5.41, 5.74) is 3.29. The number of aliphatic hydroxyl groups is 1. The molecule has 1 aliphatic carbocycles. The van der Waals surface area contributed by atoms with E-state index in [1.807, 2.05) is 50.4 Å². The second-order valence-corrected chi connectivity index (χ2v) is 7.28. The molecule has 1 aromatic carbocycles. The van der Waals surface area contributed by atoms with Crippen LogP contribution in [0.5, 0.6) is 0 Å². The van der Waals surface area contributed by atoms with Gasteiger partial charge in [0.2, 0.25) is 0 Å². The fourth-order valence-corrected chi connectivity index (χ4v) is 3.82. The van der Waals surface area contributed by atoms with Crippen molar-refractivity contribution < 1.29 is 9.90 Å². The van der Waals surface area contributed by atoms with E-state index in [1.54, 1.807) is 4.68 Å². The van der Waals surface area contributed by atoms with Gasteiger partial charge in [-0.05, 0) is 56.4 Å². The van der Waals surface area contributed by atoms with Crippen molar-refractivity contribution in [2.24, 2.45) is 5.92 Å². The number of hydrogen-bond acceptors (Lipinski definition) is 4. The van der Waals surface area contributed by atoms with Crippen LogP contribution in [0.15, 0.2) is 42.6 Å². The van der Waals surface area contributed by atoms with Gasteiger partial charge in [0.25, 0.3) is 5.91 Å². The molecule has 2 N–H and O–H groups in total. The monoisotopic (exact) mass is 364 g/mol. The smallest absolute Gasteiger partial charge is 0.270 e. The summed E-state index contributed by atoms with van der Waals surface area (Å²) < 4.78 is 1.72. The fraction of sp³-hybridized carbons (Fsp3) is 0.381. The van der Waals surface area contributed by atoms with E-state index in [0.717, 1.165) is 22.2 Å². The van der Waals surface area contributed by atoms with Gasteiger partial charge in [-0.2, -0.15) is 5.10 Å². The van der Waals surface area contributed by atoms with E-state index in [9.17, 15) is 9.90 Å². The van der Waals surface area contributed by atoms with E-state index >= 15 is 0 Å². The number of aromatic nitrogens is 3. The van der Waals surface area contributed by atoms with Crippen LogP contribution in [0, 0.1) is 12.8 Å². The molecule has 140 valence electrons. The van der Waals surface area contributed by atoms with Crippen LogP contribution in [0.4, 0.5) is 0 Å². The average Bonchev–Trinajstić information content (AvgIpc) is 3.04. The topological polar surface area (TPSA) is 80.0 Å². The number of para-hydroxylation sites is 1. The quantitative estimate of drug-likeness (QED) is 0.729. The van der Waals surface area contributed by atoms with Gasteiger partial charge in [-0.25, -0.2) is 0 Å². The van der Waals surface area contributed by atoms with E-state index in [0.29, 0.717) is 25.1 Å². The summed E-state index contributed by atoms with van der Waals surface area (Å²) in [5.74, 6) is 0.0583. The summed E-state index contributed by atoms with van der Waals surface area (Å²) in [5, 5.41) is 18.4. The van der Waals surface area contributed by atoms with Crippen LogP contribution in [0.1, 0.15) is 47.6 Å². The Bertz CT molecular complexity index is 975. The van der Waals surface area contributed by atoms with Gasteiger partial charge in [0, 0.05) is 18.1 Å². The number of nitrogens with zero attached hydrogens (tertiary/aromatic N) is 3. The molecule has 6 heteroatoms. The van der Waals surface area contributed by atoms with Crippen molar-refractivity contribution in [2.45, 2.75) is 45.4 Å². The molecular formula is C21H24N4O2. The van der Waals surface area contributed by atoms with Crippen LogP contribution < -0.4 is 5.32 Å². The molecule has 1 fully saturated rings. The maximum atomic E-state index is 13.0. The van der Waals surface area contributed by atoms with E-state index in [2.05, 4.69) is 21.5 Å². The molecule has 1 amide bonds. The molecule has 0 spiro atoms. The van der Waals surface area contributed by atoms with E-state index in [1.165, 1.54) is 0 Å². The number of aliphatic hydroxyl groups excluding tert-OH is 1. The molecule has 27 heavy (non-hydrogen) atoms. The summed E-state index contributed by atoms with van der Waals surface area (Å²) in [4.78, 5) is 17.5. The lowest BCUT2D eigenvalue weighted by molar-refractivity contribution is 0.0234. The van der Waals surface area contributed by atoms with Gasteiger partial charge in [-0.1, -0.05) is 18.2 Å². The molecule has 1 atom stereocenters. The maximum Gasteiger partial charge on any atom is 0.270 e. The van der Waals surface area contributed by atoms with Gasteiger partial charge in [-0.15, -0.1) is 0 Å². The van der Waals surface area contributed by atoms with Crippen LogP contribution in [-0.2, 0) is 6.54 Å². The molecular weight excluding hydrogens is 340 g/mol. The Kier molecular flexibility index (Phi) is 4.66. The minimum atomic E-state index is -0.286. The first-order valence-corrected chi connectivity index (χ1v) is 9.43. The Morgan fingerprint density at radius 1 is 1.33 bits per heavy atom. The summed E-state index contributed by atoms with van der Waals surface area (Å²) in [6.45, 7) is 4.49. The summed E-state index contributed by atoms with van der Waals surface area (Å²) in [6.07, 6.45) is 2.92. The zero-order chi connectivity index (χ0) is 19.0. The highest BCUT2D eigenvalue weighted by Crippen LogP contribution is 2.38. The van der Waals surface area contributed by atoms with Crippen LogP contribution in [0.2, 0.25) is 0 Å². The van der Waals surface area contributed by atoms with Crippen LogP contribution in [0.3, 0.4) is 0 Å². The first kappa shape index (κ1) is 17.7. The predicted octanol–water partition coefficient (Wildman–Crippen LogP) is 3.00. The largest absolute Gasteiger partial charge is 0.393 e. The van der Waals surface area contributed by atoms with Crippen molar-refractivity contribution >= 4 is 16.8 Å². The molecule has 6 nitrogen and oxygen atoms in total. The van der Waals surface area contributed by atoms with E-state index in [-0.39, 0.29) is 24.0 Å². The number of rotatable bonds is 5. The van der Waals surface area contributed by atoms with Gasteiger partial charge in [0.1, 0.15) is 5.69 Å². The number of aryl methyl sites for hydroxylation is 2. The second kappa shape index (κ2) is 7.12. The minimum Gasteiger partial charge on any atom is -0.393 e. The molecule has 4 rings (SSSR count). The van der Waals surface area contributed by atoms with Gasteiger partial charge in [0.05, 0.1) is 23.4 Å². The molecule has 0 aliphatic heterocycles. The van der Waals surface area contributed by atoms with E-state index < -0.39 is 0 Å². The number of carbonyl (C=O) groups excluding carboxylic acids is 1. The molecule has 0 saturated heterocycles. The Morgan fingerprint density at radius 2 is 2.11 bits per heavy atom. The van der Waals surface area contributed by atoms with Crippen molar-refractivity contribution in [1.29, 1.82) is 0 Å². The number of fused-ring (bicyclic) bond motifs is 1. The predicted molar refractivity (Wildman–Crippen MR) is 103 cm³/mol. The van der Waals surface area contributed by atoms with Crippen molar-refractivity contribution in [3.63, 3.8) is 0 Å². The number of hydrogen-bond donors (Lipinski definition) is 2. The van der Waals surface area contributed by atoms with Gasteiger partial charge in [0.15, 0.2) is 0 Å². The Morgan fingerprint density at radius 3 is 2.85 bits per heavy atom. The Balaban J connectivity index is 1.65. The minimum absolute atomic E-state index is 0.142. The number of benzene rings is 1. The normalized spacial score (nSPS) is 20.3. The third-order valence-corrected chi connectivity index (χ3v) is 5.31. The van der Waals surface area contributed by atoms with Crippen LogP contribution >= 0.6 is 0 Å². The highest BCUT2D eigenvalue weighted by molar-refractivity contribution is 5.93. The van der Waals surface area contributed by atoms with Crippen molar-refractivity contribution in [2.75, 3.05) is 0 Å². The third-order valence-electron chi connectivity index (χ3n) is 5.31. The van der Waals surface area contributed by atoms with Crippen LogP contribution in [-0.4, -0.2) is 31.9 Å². The number of nitrogens with one attached hydrogen (secondary N) is 1. The molecule has 0 bridgehead atoms. The average molecular weight is 364 g/mol. The summed E-state index contributed by atoms with van der Waals surface area (Å²) in [7, 11) is 0. The lowest BCUT2D eigenvalue weighted by atomic mass is 9.75. The van der Waals surface area contributed by atoms with Gasteiger partial charge < -0.3 is 10.4 Å². The molecule has 2 heterocycles. The highest BCUT2D eigenvalue weighted by atomic mass is 16.3. The summed E-state index contributed by atoms with van der Waals surface area (Å²) in [6, 6.07) is 11.7. The lowest BCUT2D eigenvalue weighted by Gasteiger charge is -2.38. The molecule has 0 unspecified atom stereocenters. The lowest BCUT2D eigenvalue weighted by Crippen LogP contribution is -2.42. The molecule has 2 aromatic heterocycles. The first-order valence-electron chi connectivity index (χ1n) is 9.43.